The number of halogens is 1. The first-order valence-corrected chi connectivity index (χ1v) is 6.92. The van der Waals surface area contributed by atoms with E-state index in [0.717, 1.165) is 32.3 Å². The van der Waals surface area contributed by atoms with Crippen LogP contribution in [0.2, 0.25) is 0 Å². The van der Waals surface area contributed by atoms with Crippen molar-refractivity contribution in [3.05, 3.63) is 29.6 Å². The molecule has 1 aromatic carbocycles. The lowest BCUT2D eigenvalue weighted by molar-refractivity contribution is 0.0981. The average Bonchev–Trinajstić information content (AvgIpc) is 2.94. The van der Waals surface area contributed by atoms with Gasteiger partial charge in [0.15, 0.2) is 0 Å². The molecule has 1 saturated heterocycles. The van der Waals surface area contributed by atoms with E-state index < -0.39 is 0 Å². The lowest BCUT2D eigenvalue weighted by atomic mass is 10.1. The minimum Gasteiger partial charge on any atom is -0.493 e. The quantitative estimate of drug-likeness (QED) is 0.664. The summed E-state index contributed by atoms with van der Waals surface area (Å²) in [4.78, 5) is 0. The van der Waals surface area contributed by atoms with E-state index in [1.165, 1.54) is 12.1 Å². The molecule has 4 heteroatoms. The molecule has 1 aliphatic rings. The third kappa shape index (κ3) is 4.84. The Kier molecular flexibility index (Phi) is 5.85. The third-order valence-electron chi connectivity index (χ3n) is 3.15. The van der Waals surface area contributed by atoms with E-state index >= 15 is 0 Å². The molecule has 1 aromatic rings. The fourth-order valence-corrected chi connectivity index (χ4v) is 2.23. The molecule has 0 aromatic heterocycles. The number of hydrogen-bond acceptors (Lipinski definition) is 3. The summed E-state index contributed by atoms with van der Waals surface area (Å²) in [6.07, 6.45) is 4.49. The van der Waals surface area contributed by atoms with E-state index in [9.17, 15) is 4.39 Å². The fourth-order valence-electron chi connectivity index (χ4n) is 2.23. The first kappa shape index (κ1) is 14.8. The maximum absolute atomic E-state index is 13.4. The van der Waals surface area contributed by atoms with Gasteiger partial charge in [0.2, 0.25) is 0 Å². The second-order valence-electron chi connectivity index (χ2n) is 4.76. The van der Waals surface area contributed by atoms with Crippen molar-refractivity contribution in [3.63, 3.8) is 0 Å². The Hall–Kier alpha value is -1.57. The third-order valence-corrected chi connectivity index (χ3v) is 3.15. The van der Waals surface area contributed by atoms with Crippen LogP contribution in [0.3, 0.4) is 0 Å². The molecular formula is C16H19FO3. The van der Waals surface area contributed by atoms with Gasteiger partial charge in [0, 0.05) is 18.2 Å². The van der Waals surface area contributed by atoms with Gasteiger partial charge < -0.3 is 14.6 Å². The zero-order valence-electron chi connectivity index (χ0n) is 11.4. The van der Waals surface area contributed by atoms with E-state index in [2.05, 4.69) is 11.8 Å². The molecule has 0 bridgehead atoms. The van der Waals surface area contributed by atoms with Crippen LogP contribution < -0.4 is 4.74 Å². The van der Waals surface area contributed by atoms with Crippen molar-refractivity contribution in [2.45, 2.75) is 31.8 Å². The van der Waals surface area contributed by atoms with Crippen LogP contribution in [0.25, 0.3) is 0 Å². The minimum absolute atomic E-state index is 0.242. The first-order chi connectivity index (χ1) is 9.78. The minimum atomic E-state index is -0.385. The van der Waals surface area contributed by atoms with Crippen molar-refractivity contribution < 1.29 is 19.0 Å². The summed E-state index contributed by atoms with van der Waals surface area (Å²) in [6, 6.07) is 4.34. The highest BCUT2D eigenvalue weighted by molar-refractivity contribution is 5.40. The smallest absolute Gasteiger partial charge is 0.128 e. The standard InChI is InChI=1S/C16H19FO3/c17-14-10-13(4-1-7-18)11-16(12-14)20-9-3-6-15-5-2-8-19-15/h10-12,15,18H,2-3,5-9H2. The van der Waals surface area contributed by atoms with E-state index in [-0.39, 0.29) is 12.4 Å². The van der Waals surface area contributed by atoms with Crippen molar-refractivity contribution in [2.75, 3.05) is 19.8 Å². The lowest BCUT2D eigenvalue weighted by Crippen LogP contribution is -2.07. The number of aliphatic hydroxyl groups excluding tert-OH is 1. The number of aliphatic hydroxyl groups is 1. The number of benzene rings is 1. The summed E-state index contributed by atoms with van der Waals surface area (Å²) in [5.41, 5.74) is 0.508. The molecule has 1 fully saturated rings. The molecule has 0 radical (unpaired) electrons. The van der Waals surface area contributed by atoms with Crippen LogP contribution in [0, 0.1) is 17.7 Å². The van der Waals surface area contributed by atoms with Crippen LogP contribution in [0.4, 0.5) is 4.39 Å². The van der Waals surface area contributed by atoms with Crippen LogP contribution in [0.5, 0.6) is 5.75 Å². The van der Waals surface area contributed by atoms with Crippen molar-refractivity contribution in [1.29, 1.82) is 0 Å². The van der Waals surface area contributed by atoms with Gasteiger partial charge in [-0.25, -0.2) is 4.39 Å². The molecule has 0 saturated carbocycles. The Morgan fingerprint density at radius 1 is 1.40 bits per heavy atom. The Morgan fingerprint density at radius 3 is 3.05 bits per heavy atom. The monoisotopic (exact) mass is 278 g/mol. The molecule has 1 heterocycles. The van der Waals surface area contributed by atoms with E-state index in [1.807, 2.05) is 0 Å². The van der Waals surface area contributed by atoms with Crippen LogP contribution in [-0.2, 0) is 4.74 Å². The van der Waals surface area contributed by atoms with Crippen molar-refractivity contribution in [1.82, 2.24) is 0 Å². The van der Waals surface area contributed by atoms with Gasteiger partial charge in [0.1, 0.15) is 18.2 Å². The molecule has 1 unspecified atom stereocenters. The van der Waals surface area contributed by atoms with E-state index in [4.69, 9.17) is 14.6 Å². The number of rotatable bonds is 5. The molecule has 0 amide bonds. The predicted molar refractivity (Wildman–Crippen MR) is 74.1 cm³/mol. The van der Waals surface area contributed by atoms with Gasteiger partial charge in [0.05, 0.1) is 12.7 Å². The van der Waals surface area contributed by atoms with Gasteiger partial charge in [-0.3, -0.25) is 0 Å². The number of hydrogen-bond donors (Lipinski definition) is 1. The molecule has 0 spiro atoms. The largest absolute Gasteiger partial charge is 0.493 e. The van der Waals surface area contributed by atoms with Gasteiger partial charge in [0.25, 0.3) is 0 Å². The van der Waals surface area contributed by atoms with Gasteiger partial charge in [-0.15, -0.1) is 0 Å². The van der Waals surface area contributed by atoms with Gasteiger partial charge >= 0.3 is 0 Å². The highest BCUT2D eigenvalue weighted by atomic mass is 19.1. The maximum atomic E-state index is 13.4. The SMILES string of the molecule is OCC#Cc1cc(F)cc(OCCCC2CCCO2)c1. The molecule has 3 nitrogen and oxygen atoms in total. The highest BCUT2D eigenvalue weighted by Crippen LogP contribution is 2.19. The second-order valence-corrected chi connectivity index (χ2v) is 4.76. The van der Waals surface area contributed by atoms with Crippen molar-refractivity contribution in [3.8, 4) is 17.6 Å². The fraction of sp³-hybridized carbons (Fsp3) is 0.500. The molecule has 2 rings (SSSR count). The summed E-state index contributed by atoms with van der Waals surface area (Å²) < 4.78 is 24.5. The Balaban J connectivity index is 1.80. The number of ether oxygens (including phenoxy) is 2. The highest BCUT2D eigenvalue weighted by Gasteiger charge is 2.14. The summed E-state index contributed by atoms with van der Waals surface area (Å²) in [7, 11) is 0. The molecule has 0 aliphatic carbocycles. The Bertz CT molecular complexity index is 484. The molecular weight excluding hydrogens is 259 g/mol. The first-order valence-electron chi connectivity index (χ1n) is 6.92. The van der Waals surface area contributed by atoms with Crippen LogP contribution in [0.15, 0.2) is 18.2 Å². The zero-order valence-corrected chi connectivity index (χ0v) is 11.4. The van der Waals surface area contributed by atoms with E-state index in [1.54, 1.807) is 6.07 Å². The maximum Gasteiger partial charge on any atom is 0.128 e. The molecule has 20 heavy (non-hydrogen) atoms. The van der Waals surface area contributed by atoms with E-state index in [0.29, 0.717) is 24.0 Å². The molecule has 1 aliphatic heterocycles. The topological polar surface area (TPSA) is 38.7 Å². The lowest BCUT2D eigenvalue weighted by Gasteiger charge is -2.10. The molecule has 1 atom stereocenters. The van der Waals surface area contributed by atoms with Crippen LogP contribution in [-0.4, -0.2) is 31.0 Å². The summed E-state index contributed by atoms with van der Waals surface area (Å²) in [5.74, 6) is 5.25. The second kappa shape index (κ2) is 7.88. The van der Waals surface area contributed by atoms with Crippen molar-refractivity contribution in [2.24, 2.45) is 0 Å². The summed E-state index contributed by atoms with van der Waals surface area (Å²) >= 11 is 0. The molecule has 108 valence electrons. The van der Waals surface area contributed by atoms with Gasteiger partial charge in [-0.2, -0.15) is 0 Å². The summed E-state index contributed by atoms with van der Waals surface area (Å²) in [6.45, 7) is 1.16. The summed E-state index contributed by atoms with van der Waals surface area (Å²) in [5, 5.41) is 8.63. The Labute approximate surface area is 118 Å². The molecule has 1 N–H and O–H groups in total. The zero-order chi connectivity index (χ0) is 14.2. The van der Waals surface area contributed by atoms with Crippen molar-refractivity contribution >= 4 is 0 Å². The van der Waals surface area contributed by atoms with Crippen LogP contribution >= 0.6 is 0 Å². The van der Waals surface area contributed by atoms with Gasteiger partial charge in [-0.1, -0.05) is 11.8 Å². The normalized spacial score (nSPS) is 17.6. The van der Waals surface area contributed by atoms with Crippen LogP contribution in [0.1, 0.15) is 31.2 Å². The average molecular weight is 278 g/mol. The van der Waals surface area contributed by atoms with Gasteiger partial charge in [-0.05, 0) is 37.8 Å². The Morgan fingerprint density at radius 2 is 2.30 bits per heavy atom. The predicted octanol–water partition coefficient (Wildman–Crippen LogP) is 2.51.